The number of hydrogen-bond donors (Lipinski definition) is 2. The van der Waals surface area contributed by atoms with E-state index in [4.69, 9.17) is 11.6 Å². The fraction of sp³-hybridized carbons (Fsp3) is 0.267. The van der Waals surface area contributed by atoms with E-state index in [0.717, 1.165) is 16.5 Å². The van der Waals surface area contributed by atoms with E-state index in [1.807, 2.05) is 30.5 Å². The number of aromatic nitrogens is 3. The van der Waals surface area contributed by atoms with Crippen molar-refractivity contribution in [3.8, 4) is 0 Å². The normalized spacial score (nSPS) is 12.1. The lowest BCUT2D eigenvalue weighted by Gasteiger charge is -2.06. The first-order chi connectivity index (χ1) is 10.9. The number of H-pyrrole nitrogens is 1. The largest absolute Gasteiger partial charge is 0.361 e. The Hall–Kier alpha value is -1.83. The average Bonchev–Trinajstić information content (AvgIpc) is 3.01. The molecule has 0 bridgehead atoms. The van der Waals surface area contributed by atoms with E-state index in [1.54, 1.807) is 14.0 Å². The van der Waals surface area contributed by atoms with Gasteiger partial charge in [-0.25, -0.2) is 13.1 Å². The minimum atomic E-state index is -3.68. The fourth-order valence-electron chi connectivity index (χ4n) is 2.65. The first-order valence-corrected chi connectivity index (χ1v) is 9.00. The van der Waals surface area contributed by atoms with Gasteiger partial charge >= 0.3 is 0 Å². The molecule has 0 spiro atoms. The van der Waals surface area contributed by atoms with E-state index in [2.05, 4.69) is 14.8 Å². The van der Waals surface area contributed by atoms with Gasteiger partial charge in [0.05, 0.1) is 5.69 Å². The summed E-state index contributed by atoms with van der Waals surface area (Å²) in [6, 6.07) is 7.92. The second-order valence-electron chi connectivity index (χ2n) is 5.34. The smallest absolute Gasteiger partial charge is 0.245 e. The maximum absolute atomic E-state index is 12.4. The lowest BCUT2D eigenvalue weighted by Crippen LogP contribution is -2.26. The van der Waals surface area contributed by atoms with Crippen LogP contribution in [0.5, 0.6) is 0 Å². The third-order valence-electron chi connectivity index (χ3n) is 3.73. The Morgan fingerprint density at radius 2 is 2.09 bits per heavy atom. The van der Waals surface area contributed by atoms with Crippen molar-refractivity contribution in [2.24, 2.45) is 7.05 Å². The number of sulfonamides is 1. The maximum atomic E-state index is 12.4. The summed E-state index contributed by atoms with van der Waals surface area (Å²) in [6.07, 6.45) is 2.49. The summed E-state index contributed by atoms with van der Waals surface area (Å²) in [4.78, 5) is 3.22. The molecule has 2 aromatic heterocycles. The van der Waals surface area contributed by atoms with Gasteiger partial charge < -0.3 is 4.98 Å². The van der Waals surface area contributed by atoms with Crippen molar-refractivity contribution in [1.82, 2.24) is 19.5 Å². The molecule has 0 aliphatic heterocycles. The Labute approximate surface area is 139 Å². The lowest BCUT2D eigenvalue weighted by atomic mass is 10.1. The van der Waals surface area contributed by atoms with Crippen LogP contribution in [0.25, 0.3) is 10.9 Å². The summed E-state index contributed by atoms with van der Waals surface area (Å²) in [6.45, 7) is 1.91. The first-order valence-electron chi connectivity index (χ1n) is 7.14. The summed E-state index contributed by atoms with van der Waals surface area (Å²) < 4.78 is 28.8. The van der Waals surface area contributed by atoms with Gasteiger partial charge in [-0.2, -0.15) is 5.10 Å². The molecule has 0 atom stereocenters. The van der Waals surface area contributed by atoms with Crippen LogP contribution < -0.4 is 4.72 Å². The number of rotatable bonds is 5. The topological polar surface area (TPSA) is 79.8 Å². The van der Waals surface area contributed by atoms with Crippen LogP contribution >= 0.6 is 11.6 Å². The number of aryl methyl sites for hydroxylation is 2. The number of halogens is 1. The monoisotopic (exact) mass is 352 g/mol. The third-order valence-corrected chi connectivity index (χ3v) is 5.89. The van der Waals surface area contributed by atoms with Crippen molar-refractivity contribution in [2.75, 3.05) is 6.54 Å². The molecule has 0 aliphatic carbocycles. The van der Waals surface area contributed by atoms with Crippen LogP contribution in [0, 0.1) is 6.92 Å². The van der Waals surface area contributed by atoms with Gasteiger partial charge in [0.2, 0.25) is 10.0 Å². The molecule has 3 aromatic rings. The van der Waals surface area contributed by atoms with Gasteiger partial charge in [-0.1, -0.05) is 29.8 Å². The summed E-state index contributed by atoms with van der Waals surface area (Å²) in [5, 5.41) is 5.25. The molecule has 2 N–H and O–H groups in total. The Bertz CT molecular complexity index is 959. The predicted molar refractivity (Wildman–Crippen MR) is 90.1 cm³/mol. The minimum absolute atomic E-state index is 0.0422. The quantitative estimate of drug-likeness (QED) is 0.739. The van der Waals surface area contributed by atoms with E-state index in [0.29, 0.717) is 12.1 Å². The summed E-state index contributed by atoms with van der Waals surface area (Å²) >= 11 is 6.03. The molecule has 0 saturated heterocycles. The van der Waals surface area contributed by atoms with E-state index >= 15 is 0 Å². The van der Waals surface area contributed by atoms with Crippen LogP contribution in [0.2, 0.25) is 5.15 Å². The molecule has 0 radical (unpaired) electrons. The van der Waals surface area contributed by atoms with Crippen molar-refractivity contribution in [2.45, 2.75) is 18.2 Å². The number of nitrogens with zero attached hydrogens (tertiary/aromatic N) is 2. The molecule has 0 fully saturated rings. The molecule has 8 heteroatoms. The minimum Gasteiger partial charge on any atom is -0.361 e. The van der Waals surface area contributed by atoms with E-state index in [-0.39, 0.29) is 16.6 Å². The van der Waals surface area contributed by atoms with Crippen LogP contribution in [0.4, 0.5) is 0 Å². The molecule has 0 aliphatic rings. The summed E-state index contributed by atoms with van der Waals surface area (Å²) in [5.41, 5.74) is 2.49. The van der Waals surface area contributed by atoms with Crippen molar-refractivity contribution >= 4 is 32.5 Å². The molecule has 0 saturated carbocycles. The number of nitrogens with one attached hydrogen (secondary N) is 2. The highest BCUT2D eigenvalue weighted by Gasteiger charge is 2.24. The van der Waals surface area contributed by atoms with Gasteiger partial charge in [-0.3, -0.25) is 4.68 Å². The fourth-order valence-corrected chi connectivity index (χ4v) is 4.42. The number of fused-ring (bicyclic) bond motifs is 1. The standard InChI is InChI=1S/C15H17ClN4O2S/c1-10-14(15(16)20(2)19-10)23(21,22)18-8-7-11-9-17-13-6-4-3-5-12(11)13/h3-6,9,17-18H,7-8H2,1-2H3. The summed E-state index contributed by atoms with van der Waals surface area (Å²) in [5.74, 6) is 0. The van der Waals surface area contributed by atoms with Gasteiger partial charge in [-0.05, 0) is 25.0 Å². The van der Waals surface area contributed by atoms with Gasteiger partial charge in [0, 0.05) is 30.7 Å². The molecule has 0 amide bonds. The number of benzene rings is 1. The molecule has 122 valence electrons. The highest BCUT2D eigenvalue weighted by molar-refractivity contribution is 7.89. The SMILES string of the molecule is Cc1nn(C)c(Cl)c1S(=O)(=O)NCCc1c[nH]c2ccccc12. The number of hydrogen-bond acceptors (Lipinski definition) is 3. The van der Waals surface area contributed by atoms with Gasteiger partial charge in [0.15, 0.2) is 0 Å². The van der Waals surface area contributed by atoms with Crippen molar-refractivity contribution < 1.29 is 8.42 Å². The highest BCUT2D eigenvalue weighted by atomic mass is 35.5. The average molecular weight is 353 g/mol. The lowest BCUT2D eigenvalue weighted by molar-refractivity contribution is 0.581. The third kappa shape index (κ3) is 2.99. The van der Waals surface area contributed by atoms with E-state index in [1.165, 1.54) is 4.68 Å². The van der Waals surface area contributed by atoms with E-state index < -0.39 is 10.0 Å². The summed E-state index contributed by atoms with van der Waals surface area (Å²) in [7, 11) is -2.07. The van der Waals surface area contributed by atoms with E-state index in [9.17, 15) is 8.42 Å². The van der Waals surface area contributed by atoms with Gasteiger partial charge in [0.25, 0.3) is 0 Å². The Morgan fingerprint density at radius 3 is 2.78 bits per heavy atom. The van der Waals surface area contributed by atoms with Crippen LogP contribution in [0.15, 0.2) is 35.4 Å². The highest BCUT2D eigenvalue weighted by Crippen LogP contribution is 2.24. The van der Waals surface area contributed by atoms with Crippen LogP contribution in [0.1, 0.15) is 11.3 Å². The maximum Gasteiger partial charge on any atom is 0.245 e. The second kappa shape index (κ2) is 5.99. The van der Waals surface area contributed by atoms with Crippen LogP contribution in [0.3, 0.4) is 0 Å². The Morgan fingerprint density at radius 1 is 1.35 bits per heavy atom. The van der Waals surface area contributed by atoms with Crippen molar-refractivity contribution in [3.63, 3.8) is 0 Å². The predicted octanol–water partition coefficient (Wildman–Crippen LogP) is 2.38. The molecule has 3 rings (SSSR count). The van der Waals surface area contributed by atoms with Crippen LogP contribution in [-0.4, -0.2) is 29.7 Å². The zero-order chi connectivity index (χ0) is 16.6. The van der Waals surface area contributed by atoms with Gasteiger partial charge in [-0.15, -0.1) is 0 Å². The zero-order valence-electron chi connectivity index (χ0n) is 12.8. The first kappa shape index (κ1) is 16.0. The Balaban J connectivity index is 1.75. The number of aromatic amines is 1. The molecule has 2 heterocycles. The van der Waals surface area contributed by atoms with Crippen LogP contribution in [-0.2, 0) is 23.5 Å². The Kier molecular flexibility index (Phi) is 4.18. The molecular weight excluding hydrogens is 336 g/mol. The van der Waals surface area contributed by atoms with Crippen molar-refractivity contribution in [3.05, 3.63) is 46.9 Å². The second-order valence-corrected chi connectivity index (χ2v) is 7.40. The number of para-hydroxylation sites is 1. The molecule has 23 heavy (non-hydrogen) atoms. The van der Waals surface area contributed by atoms with Gasteiger partial charge in [0.1, 0.15) is 10.0 Å². The zero-order valence-corrected chi connectivity index (χ0v) is 14.4. The molecule has 0 unspecified atom stereocenters. The molecule has 1 aromatic carbocycles. The molecule has 6 nitrogen and oxygen atoms in total. The molecular formula is C15H17ClN4O2S. The van der Waals surface area contributed by atoms with Crippen molar-refractivity contribution in [1.29, 1.82) is 0 Å².